The molecule has 0 saturated carbocycles. The minimum atomic E-state index is 0.709. The van der Waals surface area contributed by atoms with Crippen LogP contribution < -0.4 is 10.1 Å². The second-order valence-electron chi connectivity index (χ2n) is 5.20. The first-order valence-corrected chi connectivity index (χ1v) is 8.27. The summed E-state index contributed by atoms with van der Waals surface area (Å²) >= 11 is 6.21. The second-order valence-corrected chi connectivity index (χ2v) is 5.61. The van der Waals surface area contributed by atoms with Crippen LogP contribution in [-0.2, 0) is 6.54 Å². The largest absolute Gasteiger partial charge is 0.492 e. The zero-order chi connectivity index (χ0) is 14.6. The van der Waals surface area contributed by atoms with Crippen molar-refractivity contribution in [1.82, 2.24) is 5.32 Å². The zero-order valence-electron chi connectivity index (χ0n) is 12.9. The van der Waals surface area contributed by atoms with Gasteiger partial charge in [0.25, 0.3) is 0 Å². The highest BCUT2D eigenvalue weighted by molar-refractivity contribution is 6.32. The Hall–Kier alpha value is -0.730. The van der Waals surface area contributed by atoms with Gasteiger partial charge in [-0.2, -0.15) is 0 Å². The lowest BCUT2D eigenvalue weighted by atomic mass is 10.1. The van der Waals surface area contributed by atoms with Crippen molar-refractivity contribution in [1.29, 1.82) is 0 Å². The van der Waals surface area contributed by atoms with E-state index < -0.39 is 0 Å². The molecule has 1 rings (SSSR count). The van der Waals surface area contributed by atoms with Crippen LogP contribution in [0.15, 0.2) is 18.2 Å². The lowest BCUT2D eigenvalue weighted by Crippen LogP contribution is -2.14. The van der Waals surface area contributed by atoms with Gasteiger partial charge >= 0.3 is 0 Å². The topological polar surface area (TPSA) is 21.3 Å². The molecule has 0 bridgehead atoms. The summed E-state index contributed by atoms with van der Waals surface area (Å²) in [5.74, 6) is 0.789. The van der Waals surface area contributed by atoms with Crippen molar-refractivity contribution in [3.63, 3.8) is 0 Å². The highest BCUT2D eigenvalue weighted by Gasteiger charge is 2.02. The van der Waals surface area contributed by atoms with Gasteiger partial charge in [0.1, 0.15) is 5.75 Å². The van der Waals surface area contributed by atoms with E-state index in [0.717, 1.165) is 31.9 Å². The van der Waals surface area contributed by atoms with Crippen molar-refractivity contribution >= 4 is 11.6 Å². The molecule has 0 aromatic heterocycles. The second kappa shape index (κ2) is 11.0. The number of benzene rings is 1. The van der Waals surface area contributed by atoms with E-state index >= 15 is 0 Å². The van der Waals surface area contributed by atoms with E-state index in [2.05, 4.69) is 25.2 Å². The standard InChI is InChI=1S/C17H28ClNO/c1-3-5-6-7-8-11-19-14-15-9-10-17(16(18)13-15)20-12-4-2/h9-10,13,19H,3-8,11-12,14H2,1-2H3. The number of unbranched alkanes of at least 4 members (excludes halogenated alkanes) is 4. The molecule has 0 aliphatic heterocycles. The molecule has 0 aliphatic carbocycles. The molecule has 20 heavy (non-hydrogen) atoms. The Morgan fingerprint density at radius 3 is 2.55 bits per heavy atom. The number of ether oxygens (including phenoxy) is 1. The molecule has 114 valence electrons. The van der Waals surface area contributed by atoms with Crippen molar-refractivity contribution in [2.75, 3.05) is 13.2 Å². The van der Waals surface area contributed by atoms with Crippen LogP contribution in [0.3, 0.4) is 0 Å². The van der Waals surface area contributed by atoms with Crippen LogP contribution in [-0.4, -0.2) is 13.2 Å². The van der Waals surface area contributed by atoms with Gasteiger partial charge in [-0.3, -0.25) is 0 Å². The quantitative estimate of drug-likeness (QED) is 0.568. The normalized spacial score (nSPS) is 10.8. The summed E-state index contributed by atoms with van der Waals surface area (Å²) < 4.78 is 5.57. The summed E-state index contributed by atoms with van der Waals surface area (Å²) in [5, 5.41) is 4.18. The molecular formula is C17H28ClNO. The van der Waals surface area contributed by atoms with Crippen LogP contribution in [0.2, 0.25) is 5.02 Å². The van der Waals surface area contributed by atoms with Crippen LogP contribution >= 0.6 is 11.6 Å². The van der Waals surface area contributed by atoms with Gasteiger partial charge < -0.3 is 10.1 Å². The van der Waals surface area contributed by atoms with Crippen LogP contribution in [0.4, 0.5) is 0 Å². The van der Waals surface area contributed by atoms with Gasteiger partial charge in [-0.05, 0) is 37.1 Å². The lowest BCUT2D eigenvalue weighted by Gasteiger charge is -2.09. The third-order valence-corrected chi connectivity index (χ3v) is 3.54. The smallest absolute Gasteiger partial charge is 0.137 e. The van der Waals surface area contributed by atoms with Crippen LogP contribution in [0.1, 0.15) is 57.9 Å². The molecule has 0 amide bonds. The molecule has 0 radical (unpaired) electrons. The Kier molecular flexibility index (Phi) is 9.52. The Morgan fingerprint density at radius 1 is 1.05 bits per heavy atom. The highest BCUT2D eigenvalue weighted by atomic mass is 35.5. The van der Waals surface area contributed by atoms with E-state index in [4.69, 9.17) is 16.3 Å². The van der Waals surface area contributed by atoms with Gasteiger partial charge in [0.2, 0.25) is 0 Å². The molecule has 0 fully saturated rings. The molecule has 1 aromatic rings. The van der Waals surface area contributed by atoms with Gasteiger partial charge in [-0.15, -0.1) is 0 Å². The van der Waals surface area contributed by atoms with Crippen molar-refractivity contribution in [3.8, 4) is 5.75 Å². The summed E-state index contributed by atoms with van der Waals surface area (Å²) in [4.78, 5) is 0. The van der Waals surface area contributed by atoms with E-state index in [1.54, 1.807) is 0 Å². The number of halogens is 1. The van der Waals surface area contributed by atoms with Gasteiger partial charge in [0, 0.05) is 6.54 Å². The molecule has 0 unspecified atom stereocenters. The Bertz CT molecular complexity index is 368. The third-order valence-electron chi connectivity index (χ3n) is 3.24. The van der Waals surface area contributed by atoms with Crippen molar-refractivity contribution < 1.29 is 4.74 Å². The predicted octanol–water partition coefficient (Wildman–Crippen LogP) is 5.19. The molecule has 0 aliphatic rings. The average Bonchev–Trinajstić information content (AvgIpc) is 2.45. The van der Waals surface area contributed by atoms with Gasteiger partial charge in [0.15, 0.2) is 0 Å². The molecule has 1 aromatic carbocycles. The number of hydrogen-bond acceptors (Lipinski definition) is 2. The summed E-state index contributed by atoms with van der Waals surface area (Å²) in [5.41, 5.74) is 1.22. The van der Waals surface area contributed by atoms with E-state index in [1.165, 1.54) is 37.7 Å². The molecule has 0 heterocycles. The van der Waals surface area contributed by atoms with Gasteiger partial charge in [-0.25, -0.2) is 0 Å². The Morgan fingerprint density at radius 2 is 1.85 bits per heavy atom. The van der Waals surface area contributed by atoms with Crippen LogP contribution in [0, 0.1) is 0 Å². The summed E-state index contributed by atoms with van der Waals surface area (Å²) in [6.07, 6.45) is 7.59. The maximum absolute atomic E-state index is 6.21. The fourth-order valence-corrected chi connectivity index (χ4v) is 2.33. The van der Waals surface area contributed by atoms with Gasteiger partial charge in [-0.1, -0.05) is 57.2 Å². The van der Waals surface area contributed by atoms with Crippen LogP contribution in [0.25, 0.3) is 0 Å². The molecule has 0 saturated heterocycles. The van der Waals surface area contributed by atoms with Gasteiger partial charge in [0.05, 0.1) is 11.6 Å². The first kappa shape index (κ1) is 17.3. The Balaban J connectivity index is 2.22. The summed E-state index contributed by atoms with van der Waals surface area (Å²) in [6, 6.07) is 6.05. The maximum Gasteiger partial charge on any atom is 0.137 e. The summed E-state index contributed by atoms with van der Waals surface area (Å²) in [7, 11) is 0. The van der Waals surface area contributed by atoms with E-state index in [9.17, 15) is 0 Å². The molecule has 1 N–H and O–H groups in total. The average molecular weight is 298 g/mol. The van der Waals surface area contributed by atoms with Crippen LogP contribution in [0.5, 0.6) is 5.75 Å². The fourth-order valence-electron chi connectivity index (χ4n) is 2.07. The third kappa shape index (κ3) is 7.16. The molecular weight excluding hydrogens is 270 g/mol. The molecule has 0 spiro atoms. The van der Waals surface area contributed by atoms with E-state index in [0.29, 0.717) is 5.02 Å². The minimum Gasteiger partial charge on any atom is -0.492 e. The molecule has 2 nitrogen and oxygen atoms in total. The maximum atomic E-state index is 6.21. The first-order valence-electron chi connectivity index (χ1n) is 7.89. The van der Waals surface area contributed by atoms with Crippen molar-refractivity contribution in [2.24, 2.45) is 0 Å². The molecule has 3 heteroatoms. The SMILES string of the molecule is CCCCCCCNCc1ccc(OCCC)c(Cl)c1. The molecule has 0 atom stereocenters. The summed E-state index contributed by atoms with van der Waals surface area (Å²) in [6.45, 7) is 7.01. The minimum absolute atomic E-state index is 0.709. The Labute approximate surface area is 128 Å². The fraction of sp³-hybridized carbons (Fsp3) is 0.647. The van der Waals surface area contributed by atoms with Crippen molar-refractivity contribution in [3.05, 3.63) is 28.8 Å². The lowest BCUT2D eigenvalue weighted by molar-refractivity contribution is 0.317. The van der Waals surface area contributed by atoms with E-state index in [-0.39, 0.29) is 0 Å². The van der Waals surface area contributed by atoms with E-state index in [1.807, 2.05) is 12.1 Å². The number of hydrogen-bond donors (Lipinski definition) is 1. The predicted molar refractivity (Wildman–Crippen MR) is 87.7 cm³/mol. The van der Waals surface area contributed by atoms with Crippen molar-refractivity contribution in [2.45, 2.75) is 58.9 Å². The first-order chi connectivity index (χ1) is 9.77. The zero-order valence-corrected chi connectivity index (χ0v) is 13.6. The monoisotopic (exact) mass is 297 g/mol. The number of nitrogens with one attached hydrogen (secondary N) is 1. The number of rotatable bonds is 11. The highest BCUT2D eigenvalue weighted by Crippen LogP contribution is 2.25.